The molecule has 13 heteroatoms. The van der Waals surface area contributed by atoms with Gasteiger partial charge in [0.2, 0.25) is 0 Å². The molecule has 2 amide bonds. The average Bonchev–Trinajstić information content (AvgIpc) is 3.02. The van der Waals surface area contributed by atoms with Crippen LogP contribution in [0.5, 0.6) is 0 Å². The van der Waals surface area contributed by atoms with E-state index in [0.29, 0.717) is 0 Å². The smallest absolute Gasteiger partial charge is 0.543 e. The number of β-lactam (4-membered cyclic amide) rings is 1. The van der Waals surface area contributed by atoms with Crippen LogP contribution in [0.1, 0.15) is 12.6 Å². The van der Waals surface area contributed by atoms with Crippen LogP contribution in [0.25, 0.3) is 0 Å². The van der Waals surface area contributed by atoms with Crippen molar-refractivity contribution in [3.63, 3.8) is 0 Å². The van der Waals surface area contributed by atoms with E-state index in [-0.39, 0.29) is 57.0 Å². The summed E-state index contributed by atoms with van der Waals surface area (Å²) >= 11 is 2.48. The summed E-state index contributed by atoms with van der Waals surface area (Å²) in [6, 6.07) is -0.893. The van der Waals surface area contributed by atoms with E-state index in [1.807, 2.05) is 0 Å². The summed E-state index contributed by atoms with van der Waals surface area (Å²) in [7, 11) is 1.27. The Hall–Kier alpha value is -1.60. The Kier molecular flexibility index (Phi) is 6.92. The van der Waals surface area contributed by atoms with Gasteiger partial charge in [0.05, 0.1) is 11.7 Å². The minimum atomic E-state index is -1.43. The zero-order chi connectivity index (χ0) is 19.0. The van der Waals surface area contributed by atoms with Gasteiger partial charge >= 0.3 is 29.6 Å². The van der Waals surface area contributed by atoms with Crippen LogP contribution in [0.15, 0.2) is 22.3 Å². The molecule has 3 atom stereocenters. The van der Waals surface area contributed by atoms with Crippen molar-refractivity contribution < 1.29 is 53.9 Å². The maximum atomic E-state index is 12.5. The number of carbonyl (C=O) groups is 3. The number of amides is 2. The number of rotatable bonds is 5. The van der Waals surface area contributed by atoms with Crippen LogP contribution in [0.3, 0.4) is 0 Å². The molecule has 0 aromatic carbocycles. The van der Waals surface area contributed by atoms with Crippen LogP contribution in [0.4, 0.5) is 5.13 Å². The van der Waals surface area contributed by atoms with Crippen molar-refractivity contribution in [3.05, 3.63) is 22.8 Å². The van der Waals surface area contributed by atoms with Gasteiger partial charge in [-0.2, -0.15) is 0 Å². The molecule has 3 rings (SSSR count). The van der Waals surface area contributed by atoms with Crippen molar-refractivity contribution in [3.8, 4) is 0 Å². The summed E-state index contributed by atoms with van der Waals surface area (Å²) in [6.07, 6.45) is 1.45. The predicted octanol–water partition coefficient (Wildman–Crippen LogP) is -4.50. The molecule has 3 heterocycles. The van der Waals surface area contributed by atoms with Gasteiger partial charge in [-0.05, 0) is 13.0 Å². The normalized spacial score (nSPS) is 24.1. The molecule has 0 radical (unpaired) electrons. The summed E-state index contributed by atoms with van der Waals surface area (Å²) in [5.41, 5.74) is 5.47. The van der Waals surface area contributed by atoms with Gasteiger partial charge in [0, 0.05) is 10.6 Å². The molecule has 0 spiro atoms. The van der Waals surface area contributed by atoms with Gasteiger partial charge in [-0.25, -0.2) is 4.98 Å². The third-order valence-electron chi connectivity index (χ3n) is 3.71. The molecule has 2 unspecified atom stereocenters. The SMILES string of the molecule is CO/N=C(/C(=O)NC1C(=O)N2C(C(=O)[O-])=CC(C)S[C@H]12)c1csc(N)n1.[Na+]. The first kappa shape index (κ1) is 21.7. The number of anilines is 1. The topological polar surface area (TPSA) is 150 Å². The maximum absolute atomic E-state index is 12.5. The van der Waals surface area contributed by atoms with Crippen LogP contribution in [-0.2, 0) is 19.2 Å². The number of thioether (sulfide) groups is 1. The van der Waals surface area contributed by atoms with Crippen molar-refractivity contribution in [2.45, 2.75) is 23.6 Å². The van der Waals surface area contributed by atoms with E-state index >= 15 is 0 Å². The van der Waals surface area contributed by atoms with E-state index in [2.05, 4.69) is 20.3 Å². The molecular formula is C14H14N5NaO5S2. The van der Waals surface area contributed by atoms with Crippen LogP contribution in [-0.4, -0.2) is 57.2 Å². The fraction of sp³-hybridized carbons (Fsp3) is 0.357. The first-order valence-electron chi connectivity index (χ1n) is 7.38. The Morgan fingerprint density at radius 1 is 1.48 bits per heavy atom. The molecular weight excluding hydrogens is 405 g/mol. The van der Waals surface area contributed by atoms with Gasteiger partial charge in [-0.3, -0.25) is 14.5 Å². The molecule has 0 saturated carbocycles. The van der Waals surface area contributed by atoms with Gasteiger partial charge in [0.1, 0.15) is 24.2 Å². The van der Waals surface area contributed by atoms with Crippen molar-refractivity contribution in [1.82, 2.24) is 15.2 Å². The Bertz CT molecular complexity index is 842. The van der Waals surface area contributed by atoms with Crippen molar-refractivity contribution >= 4 is 51.7 Å². The van der Waals surface area contributed by atoms with Crippen molar-refractivity contribution in [2.75, 3.05) is 12.8 Å². The number of nitrogen functional groups attached to an aromatic ring is 1. The summed E-state index contributed by atoms with van der Waals surface area (Å²) in [6.45, 7) is 1.79. The third-order valence-corrected chi connectivity index (χ3v) is 5.71. The Labute approximate surface area is 184 Å². The fourth-order valence-electron chi connectivity index (χ4n) is 2.62. The van der Waals surface area contributed by atoms with E-state index in [0.717, 1.165) is 16.2 Å². The summed E-state index contributed by atoms with van der Waals surface area (Å²) in [5, 5.41) is 18.5. The number of nitrogens with one attached hydrogen (secondary N) is 1. The number of oxime groups is 1. The first-order chi connectivity index (χ1) is 12.3. The van der Waals surface area contributed by atoms with Gasteiger partial charge in [-0.1, -0.05) is 5.16 Å². The number of aromatic nitrogens is 1. The number of nitrogens with two attached hydrogens (primary N) is 1. The number of nitrogens with zero attached hydrogens (tertiary/aromatic N) is 3. The van der Waals surface area contributed by atoms with E-state index in [1.54, 1.807) is 6.92 Å². The minimum Gasteiger partial charge on any atom is -0.543 e. The number of carboxylic acids is 1. The van der Waals surface area contributed by atoms with Crippen LogP contribution in [0.2, 0.25) is 0 Å². The second-order valence-electron chi connectivity index (χ2n) is 5.42. The number of hydrogen-bond donors (Lipinski definition) is 2. The Morgan fingerprint density at radius 3 is 2.74 bits per heavy atom. The van der Waals surface area contributed by atoms with Crippen LogP contribution >= 0.6 is 23.1 Å². The minimum absolute atomic E-state index is 0. The Morgan fingerprint density at radius 2 is 2.19 bits per heavy atom. The standard InChI is InChI=1S/C14H15N5O5S2.Na/c1-5-3-7(13(22)23)19-11(21)9(12(19)26-5)17-10(20)8(18-24-2)6-4-25-14(15)16-6;/h3-5,9,12H,1-2H3,(H2,15,16)(H,17,20)(H,22,23);/q;+1/p-1/b18-8+;/t5?,9?,12-;/m1./s1. The van der Waals surface area contributed by atoms with Crippen LogP contribution < -0.4 is 45.7 Å². The molecule has 10 nitrogen and oxygen atoms in total. The molecule has 1 aromatic heterocycles. The van der Waals surface area contributed by atoms with Gasteiger partial charge < -0.3 is 25.8 Å². The Balaban J connectivity index is 0.00000261. The molecule has 27 heavy (non-hydrogen) atoms. The van der Waals surface area contributed by atoms with Crippen molar-refractivity contribution in [2.24, 2.45) is 5.16 Å². The largest absolute Gasteiger partial charge is 1.00 e. The monoisotopic (exact) mass is 419 g/mol. The van der Waals surface area contributed by atoms with Crippen molar-refractivity contribution in [1.29, 1.82) is 0 Å². The van der Waals surface area contributed by atoms with Gasteiger partial charge in [0.15, 0.2) is 10.8 Å². The second-order valence-corrected chi connectivity index (χ2v) is 7.81. The maximum Gasteiger partial charge on any atom is 1.00 e. The first-order valence-corrected chi connectivity index (χ1v) is 9.20. The van der Waals surface area contributed by atoms with E-state index in [4.69, 9.17) is 5.73 Å². The predicted molar refractivity (Wildman–Crippen MR) is 92.8 cm³/mol. The molecule has 0 bridgehead atoms. The molecule has 2 aliphatic rings. The average molecular weight is 419 g/mol. The number of carbonyl (C=O) groups excluding carboxylic acids is 3. The third kappa shape index (κ3) is 4.14. The summed E-state index contributed by atoms with van der Waals surface area (Å²) < 4.78 is 0. The summed E-state index contributed by atoms with van der Waals surface area (Å²) in [5.74, 6) is -2.64. The zero-order valence-corrected chi connectivity index (χ0v) is 18.3. The molecule has 0 aliphatic carbocycles. The van der Waals surface area contributed by atoms with Gasteiger partial charge in [-0.15, -0.1) is 23.1 Å². The molecule has 1 saturated heterocycles. The van der Waals surface area contributed by atoms with E-state index in [9.17, 15) is 19.5 Å². The van der Waals surface area contributed by atoms with Crippen LogP contribution in [0, 0.1) is 0 Å². The molecule has 1 aromatic rings. The number of fused-ring (bicyclic) bond motifs is 1. The number of hydrogen-bond acceptors (Lipinski definition) is 10. The van der Waals surface area contributed by atoms with E-state index < -0.39 is 29.2 Å². The number of carboxylic acid groups (broad SMARTS) is 1. The quantitative estimate of drug-likeness (QED) is 0.210. The summed E-state index contributed by atoms with van der Waals surface area (Å²) in [4.78, 5) is 45.9. The molecule has 2 aliphatic heterocycles. The number of aliphatic carboxylic acids is 1. The molecule has 3 N–H and O–H groups in total. The zero-order valence-electron chi connectivity index (χ0n) is 14.7. The molecule has 138 valence electrons. The molecule has 1 fully saturated rings. The van der Waals surface area contributed by atoms with E-state index in [1.165, 1.54) is 30.3 Å². The van der Waals surface area contributed by atoms with Gasteiger partial charge in [0.25, 0.3) is 11.8 Å². The second kappa shape index (κ2) is 8.61. The number of thiazole rings is 1. The fourth-order valence-corrected chi connectivity index (χ4v) is 4.50.